The van der Waals surface area contributed by atoms with E-state index >= 15 is 0 Å². The molecule has 8 nitrogen and oxygen atoms in total. The van der Waals surface area contributed by atoms with Crippen LogP contribution in [-0.2, 0) is 28.9 Å². The smallest absolute Gasteiger partial charge is 0.341 e. The summed E-state index contributed by atoms with van der Waals surface area (Å²) < 4.78 is 29.1. The van der Waals surface area contributed by atoms with Crippen molar-refractivity contribution in [2.45, 2.75) is 38.4 Å². The molecular formula is C22H23N2O6P. The van der Waals surface area contributed by atoms with Gasteiger partial charge in [-0.1, -0.05) is 24.3 Å². The van der Waals surface area contributed by atoms with E-state index < -0.39 is 30.3 Å². The molecule has 2 aromatic rings. The van der Waals surface area contributed by atoms with Gasteiger partial charge in [-0.25, -0.2) is 9.13 Å². The fourth-order valence-electron chi connectivity index (χ4n) is 3.56. The van der Waals surface area contributed by atoms with Crippen molar-refractivity contribution in [3.63, 3.8) is 0 Å². The van der Waals surface area contributed by atoms with Crippen molar-refractivity contribution >= 4 is 36.8 Å². The molecule has 0 radical (unpaired) electrons. The molecule has 1 aliphatic rings. The van der Waals surface area contributed by atoms with Crippen LogP contribution in [-0.4, -0.2) is 29.7 Å². The lowest BCUT2D eigenvalue weighted by molar-refractivity contribution is -0.152. The summed E-state index contributed by atoms with van der Waals surface area (Å²) in [6.45, 7) is 5.88. The van der Waals surface area contributed by atoms with E-state index in [1.54, 1.807) is 49.4 Å². The Morgan fingerprint density at radius 1 is 1.13 bits per heavy atom. The highest BCUT2D eigenvalue weighted by Gasteiger charge is 2.58. The first-order valence-electron chi connectivity index (χ1n) is 9.72. The van der Waals surface area contributed by atoms with Gasteiger partial charge in [-0.2, -0.15) is 0 Å². The van der Waals surface area contributed by atoms with Crippen LogP contribution in [0.5, 0.6) is 0 Å². The molecule has 162 valence electrons. The van der Waals surface area contributed by atoms with Crippen LogP contribution in [0.2, 0.25) is 0 Å². The summed E-state index contributed by atoms with van der Waals surface area (Å²) >= 11 is 0. The first-order valence-corrected chi connectivity index (χ1v) is 10.9. The van der Waals surface area contributed by atoms with Crippen molar-refractivity contribution in [3.8, 4) is 0 Å². The third-order valence-electron chi connectivity index (χ3n) is 5.38. The van der Waals surface area contributed by atoms with Gasteiger partial charge in [0, 0.05) is 16.8 Å². The highest BCUT2D eigenvalue weighted by Crippen LogP contribution is 2.50. The van der Waals surface area contributed by atoms with E-state index in [4.69, 9.17) is 4.74 Å². The molecule has 1 unspecified atom stereocenters. The van der Waals surface area contributed by atoms with Crippen LogP contribution < -0.4 is 10.2 Å². The molecule has 1 aliphatic heterocycles. The number of esters is 1. The van der Waals surface area contributed by atoms with Gasteiger partial charge in [0.15, 0.2) is 10.7 Å². The van der Waals surface area contributed by atoms with Gasteiger partial charge < -0.3 is 10.1 Å². The predicted octanol–water partition coefficient (Wildman–Crippen LogP) is 4.02. The van der Waals surface area contributed by atoms with Gasteiger partial charge in [-0.3, -0.25) is 19.3 Å². The largest absolute Gasteiger partial charge is 0.465 e. The zero-order valence-electron chi connectivity index (χ0n) is 17.7. The zero-order valence-corrected chi connectivity index (χ0v) is 18.6. The zero-order chi connectivity index (χ0) is 23.0. The number of hydrogen-bond donors (Lipinski definition) is 1. The Bertz CT molecular complexity index is 1120. The molecule has 31 heavy (non-hydrogen) atoms. The molecule has 0 bridgehead atoms. The SMILES string of the molecule is CCOC(=O)C1(C)C(=O)N(C(C)(C)P(=O)=O)c2cc(NC(=O)c3ccccc3)ccc21. The molecule has 2 aromatic carbocycles. The minimum Gasteiger partial charge on any atom is -0.465 e. The number of carbonyl (C=O) groups excluding carboxylic acids is 3. The number of carbonyl (C=O) groups is 3. The van der Waals surface area contributed by atoms with E-state index in [0.29, 0.717) is 16.8 Å². The maximum atomic E-state index is 13.4. The van der Waals surface area contributed by atoms with Crippen LogP contribution in [0.3, 0.4) is 0 Å². The minimum absolute atomic E-state index is 0.0709. The summed E-state index contributed by atoms with van der Waals surface area (Å²) in [4.78, 5) is 39.7. The molecule has 0 spiro atoms. The average molecular weight is 442 g/mol. The van der Waals surface area contributed by atoms with E-state index in [1.165, 1.54) is 26.8 Å². The summed E-state index contributed by atoms with van der Waals surface area (Å²) in [5, 5.41) is 1.14. The molecule has 0 fully saturated rings. The number of hydrogen-bond acceptors (Lipinski definition) is 6. The van der Waals surface area contributed by atoms with Gasteiger partial charge in [-0.05, 0) is 52.0 Å². The van der Waals surface area contributed by atoms with Crippen LogP contribution in [0.25, 0.3) is 0 Å². The minimum atomic E-state index is -3.07. The quantitative estimate of drug-likeness (QED) is 0.411. The highest BCUT2D eigenvalue weighted by molar-refractivity contribution is 7.33. The fourth-order valence-corrected chi connectivity index (χ4v) is 3.92. The first-order chi connectivity index (χ1) is 14.5. The number of rotatable bonds is 6. The lowest BCUT2D eigenvalue weighted by Crippen LogP contribution is -2.50. The van der Waals surface area contributed by atoms with Gasteiger partial charge in [0.2, 0.25) is 5.91 Å². The molecule has 0 saturated carbocycles. The summed E-state index contributed by atoms with van der Waals surface area (Å²) in [6, 6.07) is 13.2. The number of benzene rings is 2. The Morgan fingerprint density at radius 3 is 2.35 bits per heavy atom. The van der Waals surface area contributed by atoms with Gasteiger partial charge >= 0.3 is 13.6 Å². The molecule has 3 rings (SSSR count). The molecule has 1 atom stereocenters. The van der Waals surface area contributed by atoms with E-state index in [1.807, 2.05) is 0 Å². The Hall–Kier alpha value is -3.25. The highest BCUT2D eigenvalue weighted by atomic mass is 31.1. The van der Waals surface area contributed by atoms with Crippen molar-refractivity contribution in [2.24, 2.45) is 0 Å². The fraction of sp³-hybridized carbons (Fsp3) is 0.318. The monoisotopic (exact) mass is 442 g/mol. The molecule has 2 amide bonds. The second-order valence-electron chi connectivity index (χ2n) is 7.79. The van der Waals surface area contributed by atoms with E-state index in [-0.39, 0.29) is 18.2 Å². The van der Waals surface area contributed by atoms with E-state index in [0.717, 1.165) is 4.90 Å². The third kappa shape index (κ3) is 3.68. The molecule has 1 N–H and O–H groups in total. The second-order valence-corrected chi connectivity index (χ2v) is 9.40. The number of nitrogens with zero attached hydrogens (tertiary/aromatic N) is 1. The molecule has 9 heteroatoms. The maximum Gasteiger partial charge on any atom is 0.341 e. The number of ether oxygens (including phenoxy) is 1. The van der Waals surface area contributed by atoms with Crippen molar-refractivity contribution in [2.75, 3.05) is 16.8 Å². The van der Waals surface area contributed by atoms with Crippen molar-refractivity contribution in [3.05, 3.63) is 59.7 Å². The number of amides is 2. The Labute approximate surface area is 180 Å². The van der Waals surface area contributed by atoms with E-state index in [2.05, 4.69) is 5.32 Å². The molecule has 1 heterocycles. The molecular weight excluding hydrogens is 419 g/mol. The second kappa shape index (κ2) is 8.12. The summed E-state index contributed by atoms with van der Waals surface area (Å²) in [7, 11) is -3.07. The topological polar surface area (TPSA) is 110 Å². The normalized spacial score (nSPS) is 17.8. The Balaban J connectivity index is 2.11. The van der Waals surface area contributed by atoms with Gasteiger partial charge in [0.1, 0.15) is 0 Å². The Kier molecular flexibility index (Phi) is 5.87. The number of fused-ring (bicyclic) bond motifs is 1. The van der Waals surface area contributed by atoms with Crippen LogP contribution in [0.15, 0.2) is 48.5 Å². The predicted molar refractivity (Wildman–Crippen MR) is 115 cm³/mol. The van der Waals surface area contributed by atoms with Gasteiger partial charge in [-0.15, -0.1) is 0 Å². The summed E-state index contributed by atoms with van der Waals surface area (Å²) in [5.74, 6) is -1.82. The average Bonchev–Trinajstić information content (AvgIpc) is 2.96. The number of anilines is 2. The lowest BCUT2D eigenvalue weighted by atomic mass is 9.83. The van der Waals surface area contributed by atoms with Crippen molar-refractivity contribution < 1.29 is 28.3 Å². The van der Waals surface area contributed by atoms with Crippen LogP contribution in [0.4, 0.5) is 11.4 Å². The third-order valence-corrected chi connectivity index (χ3v) is 6.47. The van der Waals surface area contributed by atoms with Gasteiger partial charge in [0.05, 0.1) is 12.3 Å². The van der Waals surface area contributed by atoms with Crippen LogP contribution >= 0.6 is 7.68 Å². The summed E-state index contributed by atoms with van der Waals surface area (Å²) in [5.41, 5.74) is -0.351. The molecule has 0 aliphatic carbocycles. The van der Waals surface area contributed by atoms with E-state index in [9.17, 15) is 23.5 Å². The van der Waals surface area contributed by atoms with Crippen LogP contribution in [0, 0.1) is 0 Å². The summed E-state index contributed by atoms with van der Waals surface area (Å²) in [6.07, 6.45) is 0. The van der Waals surface area contributed by atoms with Crippen molar-refractivity contribution in [1.29, 1.82) is 0 Å². The molecule has 0 saturated heterocycles. The number of nitrogens with one attached hydrogen (secondary N) is 1. The van der Waals surface area contributed by atoms with Crippen molar-refractivity contribution in [1.82, 2.24) is 0 Å². The molecule has 0 aromatic heterocycles. The van der Waals surface area contributed by atoms with Crippen LogP contribution in [0.1, 0.15) is 43.6 Å². The first kappa shape index (κ1) is 22.4. The maximum absolute atomic E-state index is 13.4. The van der Waals surface area contributed by atoms with Gasteiger partial charge in [0.25, 0.3) is 5.91 Å². The lowest BCUT2D eigenvalue weighted by Gasteiger charge is -2.31. The standard InChI is InChI=1S/C22H23N2O6P/c1-5-30-20(27)22(4)16-12-11-15(23-18(25)14-9-7-6-8-10-14)13-17(16)24(19(22)26)21(2,3)31(28)29/h6-13H,5H2,1-4H3,(H,23,25). The Morgan fingerprint density at radius 2 is 1.77 bits per heavy atom.